The van der Waals surface area contributed by atoms with E-state index in [1.807, 2.05) is 0 Å². The van der Waals surface area contributed by atoms with E-state index in [1.165, 1.54) is 6.07 Å². The first-order valence-electron chi connectivity index (χ1n) is 6.73. The Morgan fingerprint density at radius 1 is 1.19 bits per heavy atom. The second-order valence-corrected chi connectivity index (χ2v) is 5.66. The van der Waals surface area contributed by atoms with Gasteiger partial charge in [0.15, 0.2) is 0 Å². The zero-order valence-corrected chi connectivity index (χ0v) is 15.0. The van der Waals surface area contributed by atoms with Gasteiger partial charge in [0, 0.05) is 42.8 Å². The standard InChI is InChI=1S/C14H19Cl2FN2.2ClH/c1-2-3-12(19-8-6-18-7-9-19)13-10(15)4-5-11(16)14(13)17;;/h4-5,12,18H,2-3,6-9H2,1H3;2*1H/t12-;;/m0../s1. The molecule has 21 heavy (non-hydrogen) atoms. The summed E-state index contributed by atoms with van der Waals surface area (Å²) < 4.78 is 14.3. The van der Waals surface area contributed by atoms with Crippen LogP contribution in [0.3, 0.4) is 0 Å². The van der Waals surface area contributed by atoms with E-state index in [1.54, 1.807) is 6.07 Å². The molecule has 1 saturated heterocycles. The Labute approximate surface area is 148 Å². The third kappa shape index (κ3) is 5.12. The molecule has 1 heterocycles. The summed E-state index contributed by atoms with van der Waals surface area (Å²) in [6, 6.07) is 3.22. The van der Waals surface area contributed by atoms with Crippen molar-refractivity contribution in [3.63, 3.8) is 0 Å². The maximum atomic E-state index is 14.3. The van der Waals surface area contributed by atoms with Gasteiger partial charge in [-0.3, -0.25) is 4.90 Å². The summed E-state index contributed by atoms with van der Waals surface area (Å²) >= 11 is 12.1. The molecule has 122 valence electrons. The van der Waals surface area contributed by atoms with Crippen molar-refractivity contribution in [2.45, 2.75) is 25.8 Å². The van der Waals surface area contributed by atoms with Crippen molar-refractivity contribution in [1.82, 2.24) is 10.2 Å². The molecule has 0 aromatic heterocycles. The highest BCUT2D eigenvalue weighted by molar-refractivity contribution is 6.33. The number of nitrogens with zero attached hydrogens (tertiary/aromatic N) is 1. The van der Waals surface area contributed by atoms with Crippen molar-refractivity contribution in [2.24, 2.45) is 0 Å². The van der Waals surface area contributed by atoms with E-state index in [9.17, 15) is 4.39 Å². The Hall–Kier alpha value is 0.230. The highest BCUT2D eigenvalue weighted by atomic mass is 35.5. The minimum absolute atomic E-state index is 0. The molecule has 0 saturated carbocycles. The Balaban J connectivity index is 0.00000200. The van der Waals surface area contributed by atoms with Crippen LogP contribution >= 0.6 is 48.0 Å². The SMILES string of the molecule is CCC[C@@H](c1c(Cl)ccc(Cl)c1F)N1CCNCC1.Cl.Cl. The molecule has 1 aliphatic rings. The Bertz CT molecular complexity index is 439. The van der Waals surface area contributed by atoms with Crippen LogP contribution in [0.15, 0.2) is 12.1 Å². The molecule has 1 aromatic rings. The van der Waals surface area contributed by atoms with Gasteiger partial charge in [-0.2, -0.15) is 0 Å². The second-order valence-electron chi connectivity index (χ2n) is 4.85. The summed E-state index contributed by atoms with van der Waals surface area (Å²) in [4.78, 5) is 2.29. The molecular weight excluding hydrogens is 357 g/mol. The van der Waals surface area contributed by atoms with Crippen LogP contribution in [0, 0.1) is 5.82 Å². The predicted octanol–water partition coefficient (Wildman–Crippen LogP) is 4.72. The molecule has 0 radical (unpaired) electrons. The molecule has 1 aromatic carbocycles. The lowest BCUT2D eigenvalue weighted by atomic mass is 9.99. The monoisotopic (exact) mass is 376 g/mol. The molecule has 0 aliphatic carbocycles. The van der Waals surface area contributed by atoms with Gasteiger partial charge >= 0.3 is 0 Å². The maximum absolute atomic E-state index is 14.3. The third-order valence-electron chi connectivity index (χ3n) is 3.57. The third-order valence-corrected chi connectivity index (χ3v) is 4.19. The average molecular weight is 378 g/mol. The number of hydrogen-bond acceptors (Lipinski definition) is 2. The van der Waals surface area contributed by atoms with Gasteiger partial charge in [-0.1, -0.05) is 36.5 Å². The largest absolute Gasteiger partial charge is 0.314 e. The van der Waals surface area contributed by atoms with E-state index >= 15 is 0 Å². The first-order chi connectivity index (χ1) is 9.15. The lowest BCUT2D eigenvalue weighted by Gasteiger charge is -2.35. The number of nitrogens with one attached hydrogen (secondary N) is 1. The van der Waals surface area contributed by atoms with Crippen molar-refractivity contribution in [3.8, 4) is 0 Å². The average Bonchev–Trinajstić information content (AvgIpc) is 2.43. The van der Waals surface area contributed by atoms with Crippen LogP contribution in [0.25, 0.3) is 0 Å². The van der Waals surface area contributed by atoms with Gasteiger partial charge in [0.05, 0.1) is 5.02 Å². The van der Waals surface area contributed by atoms with E-state index in [4.69, 9.17) is 23.2 Å². The Morgan fingerprint density at radius 2 is 1.76 bits per heavy atom. The van der Waals surface area contributed by atoms with E-state index in [-0.39, 0.29) is 41.7 Å². The van der Waals surface area contributed by atoms with Gasteiger partial charge < -0.3 is 5.32 Å². The molecule has 1 N–H and O–H groups in total. The number of benzene rings is 1. The van der Waals surface area contributed by atoms with Crippen molar-refractivity contribution >= 4 is 48.0 Å². The van der Waals surface area contributed by atoms with Crippen LogP contribution in [0.2, 0.25) is 10.0 Å². The van der Waals surface area contributed by atoms with Crippen molar-refractivity contribution < 1.29 is 4.39 Å². The van der Waals surface area contributed by atoms with Gasteiger partial charge in [-0.25, -0.2) is 4.39 Å². The highest BCUT2D eigenvalue weighted by Crippen LogP contribution is 2.36. The van der Waals surface area contributed by atoms with Crippen molar-refractivity contribution in [3.05, 3.63) is 33.6 Å². The van der Waals surface area contributed by atoms with Crippen LogP contribution in [-0.2, 0) is 0 Å². The Morgan fingerprint density at radius 3 is 2.33 bits per heavy atom. The number of piperazine rings is 1. The number of halogens is 5. The molecule has 0 unspecified atom stereocenters. The minimum Gasteiger partial charge on any atom is -0.314 e. The van der Waals surface area contributed by atoms with Crippen LogP contribution in [0.4, 0.5) is 4.39 Å². The quantitative estimate of drug-likeness (QED) is 0.763. The van der Waals surface area contributed by atoms with Crippen molar-refractivity contribution in [2.75, 3.05) is 26.2 Å². The minimum atomic E-state index is -0.369. The molecule has 0 bridgehead atoms. The summed E-state index contributed by atoms with van der Waals surface area (Å²) in [6.07, 6.45) is 1.87. The first kappa shape index (κ1) is 21.2. The van der Waals surface area contributed by atoms with Gasteiger partial charge in [0.1, 0.15) is 5.82 Å². The lowest BCUT2D eigenvalue weighted by Crippen LogP contribution is -2.45. The van der Waals surface area contributed by atoms with E-state index in [2.05, 4.69) is 17.1 Å². The molecule has 7 heteroatoms. The number of rotatable bonds is 4. The molecule has 0 spiro atoms. The fourth-order valence-corrected chi connectivity index (χ4v) is 3.06. The molecule has 0 amide bonds. The van der Waals surface area contributed by atoms with Gasteiger partial charge in [-0.05, 0) is 18.6 Å². The molecule has 1 aliphatic heterocycles. The highest BCUT2D eigenvalue weighted by Gasteiger charge is 2.27. The molecule has 2 rings (SSSR count). The fraction of sp³-hybridized carbons (Fsp3) is 0.571. The fourth-order valence-electron chi connectivity index (χ4n) is 2.62. The number of hydrogen-bond donors (Lipinski definition) is 1. The van der Waals surface area contributed by atoms with Crippen LogP contribution in [0.1, 0.15) is 31.4 Å². The van der Waals surface area contributed by atoms with Crippen molar-refractivity contribution in [1.29, 1.82) is 0 Å². The molecular formula is C14H21Cl4FN2. The molecule has 1 atom stereocenters. The topological polar surface area (TPSA) is 15.3 Å². The van der Waals surface area contributed by atoms with Crippen LogP contribution < -0.4 is 5.32 Å². The van der Waals surface area contributed by atoms with Gasteiger partial charge in [0.25, 0.3) is 0 Å². The maximum Gasteiger partial charge on any atom is 0.148 e. The molecule has 1 fully saturated rings. The smallest absolute Gasteiger partial charge is 0.148 e. The van der Waals surface area contributed by atoms with Crippen LogP contribution in [0.5, 0.6) is 0 Å². The van der Waals surface area contributed by atoms with Crippen LogP contribution in [-0.4, -0.2) is 31.1 Å². The zero-order valence-electron chi connectivity index (χ0n) is 11.9. The second kappa shape index (κ2) is 10.1. The Kier molecular flexibility index (Phi) is 10.2. The summed E-state index contributed by atoms with van der Waals surface area (Å²) in [5.74, 6) is -0.369. The first-order valence-corrected chi connectivity index (χ1v) is 7.49. The lowest BCUT2D eigenvalue weighted by molar-refractivity contribution is 0.161. The summed E-state index contributed by atoms with van der Waals surface area (Å²) in [7, 11) is 0. The molecule has 2 nitrogen and oxygen atoms in total. The predicted molar refractivity (Wildman–Crippen MR) is 93.0 cm³/mol. The summed E-state index contributed by atoms with van der Waals surface area (Å²) in [5.41, 5.74) is 0.554. The summed E-state index contributed by atoms with van der Waals surface area (Å²) in [5, 5.41) is 3.93. The normalized spacial score (nSPS) is 16.8. The van der Waals surface area contributed by atoms with E-state index in [0.29, 0.717) is 10.6 Å². The van der Waals surface area contributed by atoms with Gasteiger partial charge in [0.2, 0.25) is 0 Å². The van der Waals surface area contributed by atoms with Gasteiger partial charge in [-0.15, -0.1) is 24.8 Å². The summed E-state index contributed by atoms with van der Waals surface area (Å²) in [6.45, 7) is 5.78. The zero-order chi connectivity index (χ0) is 13.8. The van der Waals surface area contributed by atoms with E-state index < -0.39 is 0 Å². The van der Waals surface area contributed by atoms with E-state index in [0.717, 1.165) is 39.0 Å².